The second-order valence-electron chi connectivity index (χ2n) is 6.35. The summed E-state index contributed by atoms with van der Waals surface area (Å²) in [7, 11) is 0. The van der Waals surface area contributed by atoms with Crippen LogP contribution in [0.3, 0.4) is 0 Å². The Morgan fingerprint density at radius 1 is 1.19 bits per heavy atom. The summed E-state index contributed by atoms with van der Waals surface area (Å²) in [5, 5.41) is 5.11. The van der Waals surface area contributed by atoms with Crippen molar-refractivity contribution in [3.05, 3.63) is 52.5 Å². The molecule has 1 atom stereocenters. The number of allylic oxidation sites excluding steroid dienone is 2. The van der Waals surface area contributed by atoms with E-state index >= 15 is 0 Å². The highest BCUT2D eigenvalue weighted by atomic mass is 16.2. The molecular weight excluding hydrogens is 332 g/mol. The molecule has 136 valence electrons. The Bertz CT molecular complexity index is 917. The van der Waals surface area contributed by atoms with E-state index in [9.17, 15) is 14.4 Å². The molecule has 1 aromatic heterocycles. The standard InChI is InChI=1S/C19H22N4O3/c1-2-12-23-19(26)15-11-7-6-10-14(15)16(22-23)18(25)21-20-17(24)13-8-4-3-5-9-13/h3-4,6-7,10-11,13H,2,5,8-9,12H2,1H3,(H,20,24)(H,21,25)/t13-/m0/s1. The van der Waals surface area contributed by atoms with Crippen molar-refractivity contribution in [1.29, 1.82) is 0 Å². The van der Waals surface area contributed by atoms with E-state index in [1.54, 1.807) is 24.3 Å². The van der Waals surface area contributed by atoms with Gasteiger partial charge in [-0.3, -0.25) is 25.2 Å². The summed E-state index contributed by atoms with van der Waals surface area (Å²) in [4.78, 5) is 37.2. The minimum atomic E-state index is -0.536. The highest BCUT2D eigenvalue weighted by molar-refractivity contribution is 6.05. The van der Waals surface area contributed by atoms with Crippen molar-refractivity contribution in [1.82, 2.24) is 20.6 Å². The number of aromatic nitrogens is 2. The van der Waals surface area contributed by atoms with Crippen LogP contribution < -0.4 is 16.4 Å². The van der Waals surface area contributed by atoms with Crippen molar-refractivity contribution in [3.8, 4) is 0 Å². The fourth-order valence-electron chi connectivity index (χ4n) is 3.08. The van der Waals surface area contributed by atoms with Gasteiger partial charge in [-0.25, -0.2) is 4.68 Å². The SMILES string of the molecule is CCCn1nc(C(=O)NNC(=O)[C@H]2CC=CCC2)c2ccccc2c1=O. The zero-order valence-electron chi connectivity index (χ0n) is 14.7. The van der Waals surface area contributed by atoms with Gasteiger partial charge in [0.25, 0.3) is 11.5 Å². The first-order valence-corrected chi connectivity index (χ1v) is 8.87. The predicted molar refractivity (Wildman–Crippen MR) is 98.4 cm³/mol. The monoisotopic (exact) mass is 354 g/mol. The molecular formula is C19H22N4O3. The molecule has 0 unspecified atom stereocenters. The normalized spacial score (nSPS) is 16.4. The Balaban J connectivity index is 1.83. The Morgan fingerprint density at radius 3 is 2.65 bits per heavy atom. The molecule has 1 aliphatic carbocycles. The van der Waals surface area contributed by atoms with Crippen LogP contribution in [0.4, 0.5) is 0 Å². The minimum absolute atomic E-state index is 0.123. The molecule has 0 fully saturated rings. The van der Waals surface area contributed by atoms with Gasteiger partial charge < -0.3 is 0 Å². The number of hydrazine groups is 1. The lowest BCUT2D eigenvalue weighted by molar-refractivity contribution is -0.126. The van der Waals surface area contributed by atoms with E-state index in [2.05, 4.69) is 22.0 Å². The first-order valence-electron chi connectivity index (χ1n) is 8.87. The molecule has 0 saturated heterocycles. The fraction of sp³-hybridized carbons (Fsp3) is 0.368. The third-order valence-corrected chi connectivity index (χ3v) is 4.46. The van der Waals surface area contributed by atoms with Crippen LogP contribution in [0.5, 0.6) is 0 Å². The number of benzene rings is 1. The van der Waals surface area contributed by atoms with Crippen molar-refractivity contribution in [2.75, 3.05) is 0 Å². The maximum atomic E-state index is 12.6. The van der Waals surface area contributed by atoms with Gasteiger partial charge in [0.15, 0.2) is 5.69 Å². The summed E-state index contributed by atoms with van der Waals surface area (Å²) in [6, 6.07) is 6.86. The molecule has 0 aliphatic heterocycles. The summed E-state index contributed by atoms with van der Waals surface area (Å²) in [6.07, 6.45) is 7.05. The summed E-state index contributed by atoms with van der Waals surface area (Å²) in [6.45, 7) is 2.35. The summed E-state index contributed by atoms with van der Waals surface area (Å²) < 4.78 is 1.30. The van der Waals surface area contributed by atoms with E-state index in [4.69, 9.17) is 0 Å². The Morgan fingerprint density at radius 2 is 1.96 bits per heavy atom. The fourth-order valence-corrected chi connectivity index (χ4v) is 3.08. The van der Waals surface area contributed by atoms with Gasteiger partial charge >= 0.3 is 0 Å². The third kappa shape index (κ3) is 3.66. The first kappa shape index (κ1) is 17.8. The molecule has 2 N–H and O–H groups in total. The Hall–Kier alpha value is -2.96. The molecule has 1 aliphatic rings. The quantitative estimate of drug-likeness (QED) is 0.648. The number of carbonyl (C=O) groups is 2. The van der Waals surface area contributed by atoms with Crippen LogP contribution in [0, 0.1) is 5.92 Å². The second kappa shape index (κ2) is 7.95. The average molecular weight is 354 g/mol. The van der Waals surface area contributed by atoms with Gasteiger partial charge in [-0.05, 0) is 31.7 Å². The lowest BCUT2D eigenvalue weighted by atomic mass is 9.94. The van der Waals surface area contributed by atoms with E-state index in [0.29, 0.717) is 23.7 Å². The van der Waals surface area contributed by atoms with Crippen LogP contribution in [0.25, 0.3) is 10.8 Å². The molecule has 1 heterocycles. The number of nitrogens with zero attached hydrogens (tertiary/aromatic N) is 2. The van der Waals surface area contributed by atoms with Crippen LogP contribution in [0.15, 0.2) is 41.2 Å². The van der Waals surface area contributed by atoms with Crippen molar-refractivity contribution in [3.63, 3.8) is 0 Å². The molecule has 7 nitrogen and oxygen atoms in total. The number of aryl methyl sites for hydroxylation is 1. The molecule has 0 saturated carbocycles. The van der Waals surface area contributed by atoms with Crippen molar-refractivity contribution in [2.24, 2.45) is 5.92 Å². The highest BCUT2D eigenvalue weighted by Crippen LogP contribution is 2.18. The number of carbonyl (C=O) groups excluding carboxylic acids is 2. The number of amides is 2. The first-order chi connectivity index (χ1) is 12.6. The summed E-state index contributed by atoms with van der Waals surface area (Å²) in [5.74, 6) is -0.890. The molecule has 26 heavy (non-hydrogen) atoms. The van der Waals surface area contributed by atoms with Crippen molar-refractivity contribution in [2.45, 2.75) is 39.2 Å². The maximum Gasteiger partial charge on any atom is 0.290 e. The van der Waals surface area contributed by atoms with Crippen LogP contribution in [0.2, 0.25) is 0 Å². The topological polar surface area (TPSA) is 93.1 Å². The maximum absolute atomic E-state index is 12.6. The molecule has 0 spiro atoms. The highest BCUT2D eigenvalue weighted by Gasteiger charge is 2.21. The lowest BCUT2D eigenvalue weighted by Gasteiger charge is -2.17. The molecule has 2 aromatic rings. The van der Waals surface area contributed by atoms with Gasteiger partial charge in [-0.15, -0.1) is 0 Å². The average Bonchev–Trinajstić information content (AvgIpc) is 2.69. The molecule has 3 rings (SSSR count). The summed E-state index contributed by atoms with van der Waals surface area (Å²) >= 11 is 0. The van der Waals surface area contributed by atoms with Gasteiger partial charge in [0.1, 0.15) is 0 Å². The Labute approximate surface area is 151 Å². The van der Waals surface area contributed by atoms with E-state index in [1.165, 1.54) is 4.68 Å². The third-order valence-electron chi connectivity index (χ3n) is 4.46. The van der Waals surface area contributed by atoms with Gasteiger partial charge in [-0.1, -0.05) is 37.3 Å². The number of nitrogens with one attached hydrogen (secondary N) is 2. The van der Waals surface area contributed by atoms with E-state index in [-0.39, 0.29) is 23.1 Å². The Kier molecular flexibility index (Phi) is 5.46. The number of hydrogen-bond acceptors (Lipinski definition) is 4. The summed E-state index contributed by atoms with van der Waals surface area (Å²) in [5.41, 5.74) is 4.82. The largest absolute Gasteiger partial charge is 0.290 e. The minimum Gasteiger partial charge on any atom is -0.273 e. The van der Waals surface area contributed by atoms with Gasteiger partial charge in [-0.2, -0.15) is 5.10 Å². The number of fused-ring (bicyclic) bond motifs is 1. The smallest absolute Gasteiger partial charge is 0.273 e. The van der Waals surface area contributed by atoms with Crippen molar-refractivity contribution < 1.29 is 9.59 Å². The van der Waals surface area contributed by atoms with E-state index in [0.717, 1.165) is 19.3 Å². The predicted octanol–water partition coefficient (Wildman–Crippen LogP) is 1.92. The second-order valence-corrected chi connectivity index (χ2v) is 6.35. The molecule has 0 radical (unpaired) electrons. The molecule has 2 amide bonds. The van der Waals surface area contributed by atoms with Crippen LogP contribution in [0.1, 0.15) is 43.1 Å². The zero-order chi connectivity index (χ0) is 18.5. The van der Waals surface area contributed by atoms with Crippen LogP contribution in [-0.4, -0.2) is 21.6 Å². The number of hydrogen-bond donors (Lipinski definition) is 2. The van der Waals surface area contributed by atoms with Gasteiger partial charge in [0, 0.05) is 17.8 Å². The van der Waals surface area contributed by atoms with Crippen LogP contribution in [-0.2, 0) is 11.3 Å². The van der Waals surface area contributed by atoms with E-state index in [1.807, 2.05) is 13.0 Å². The lowest BCUT2D eigenvalue weighted by Crippen LogP contribution is -2.45. The molecule has 7 heteroatoms. The molecule has 1 aromatic carbocycles. The van der Waals surface area contributed by atoms with Crippen LogP contribution >= 0.6 is 0 Å². The van der Waals surface area contributed by atoms with Gasteiger partial charge in [0.2, 0.25) is 5.91 Å². The van der Waals surface area contributed by atoms with Gasteiger partial charge in [0.05, 0.1) is 5.39 Å². The van der Waals surface area contributed by atoms with Crippen molar-refractivity contribution >= 4 is 22.6 Å². The van der Waals surface area contributed by atoms with E-state index < -0.39 is 5.91 Å². The number of rotatable bonds is 4. The zero-order valence-corrected chi connectivity index (χ0v) is 14.7. The molecule has 0 bridgehead atoms.